The largest absolute Gasteiger partial charge is 0.504 e. The molecule has 0 bridgehead atoms. The molecule has 0 saturated heterocycles. The van der Waals surface area contributed by atoms with Crippen LogP contribution in [0.2, 0.25) is 0 Å². The summed E-state index contributed by atoms with van der Waals surface area (Å²) in [5.41, 5.74) is 1.18. The molecule has 0 amide bonds. The van der Waals surface area contributed by atoms with Gasteiger partial charge < -0.3 is 9.84 Å². The molecule has 18 heavy (non-hydrogen) atoms. The zero-order chi connectivity index (χ0) is 13.2. The summed E-state index contributed by atoms with van der Waals surface area (Å²) in [4.78, 5) is 14.7. The molecule has 1 saturated carbocycles. The summed E-state index contributed by atoms with van der Waals surface area (Å²) >= 11 is 0. The highest BCUT2D eigenvalue weighted by atomic mass is 16.5. The van der Waals surface area contributed by atoms with Gasteiger partial charge >= 0.3 is 0 Å². The molecule has 1 aromatic rings. The van der Waals surface area contributed by atoms with Crippen LogP contribution in [0.3, 0.4) is 0 Å². The van der Waals surface area contributed by atoms with Crippen molar-refractivity contribution in [2.45, 2.75) is 38.1 Å². The van der Waals surface area contributed by atoms with Gasteiger partial charge in [0.05, 0.1) is 12.6 Å². The van der Waals surface area contributed by atoms with Gasteiger partial charge in [0, 0.05) is 0 Å². The molecule has 1 aliphatic rings. The molecule has 4 nitrogen and oxygen atoms in total. The van der Waals surface area contributed by atoms with Gasteiger partial charge in [-0.25, -0.2) is 4.79 Å². The van der Waals surface area contributed by atoms with E-state index in [9.17, 15) is 9.90 Å². The number of aliphatic imine (C=N–C) groups is 1. The predicted molar refractivity (Wildman–Crippen MR) is 67.7 cm³/mol. The van der Waals surface area contributed by atoms with Crippen molar-refractivity contribution in [3.05, 3.63) is 23.3 Å². The van der Waals surface area contributed by atoms with Crippen LogP contribution in [0.15, 0.2) is 17.1 Å². The fourth-order valence-corrected chi connectivity index (χ4v) is 2.68. The lowest BCUT2D eigenvalue weighted by atomic mass is 9.87. The van der Waals surface area contributed by atoms with E-state index in [0.29, 0.717) is 5.75 Å². The van der Waals surface area contributed by atoms with E-state index in [1.807, 2.05) is 13.0 Å². The van der Waals surface area contributed by atoms with Crippen molar-refractivity contribution in [1.29, 1.82) is 0 Å². The van der Waals surface area contributed by atoms with Crippen LogP contribution in [0.4, 0.5) is 0 Å². The van der Waals surface area contributed by atoms with E-state index in [4.69, 9.17) is 4.74 Å². The second-order valence-electron chi connectivity index (χ2n) is 4.79. The number of rotatable bonds is 3. The van der Waals surface area contributed by atoms with Crippen molar-refractivity contribution < 1.29 is 14.6 Å². The van der Waals surface area contributed by atoms with Gasteiger partial charge in [0.1, 0.15) is 0 Å². The minimum absolute atomic E-state index is 0.143. The molecule has 1 aliphatic carbocycles. The van der Waals surface area contributed by atoms with Gasteiger partial charge in [-0.05, 0) is 43.0 Å². The average molecular weight is 247 g/mol. The van der Waals surface area contributed by atoms with Crippen LogP contribution in [0, 0.1) is 6.92 Å². The van der Waals surface area contributed by atoms with Gasteiger partial charge in [0.15, 0.2) is 11.5 Å². The fraction of sp³-hybridized carbons (Fsp3) is 0.500. The third-order valence-corrected chi connectivity index (χ3v) is 3.71. The molecule has 0 spiro atoms. The number of hydrogen-bond donors (Lipinski definition) is 1. The van der Waals surface area contributed by atoms with E-state index in [-0.39, 0.29) is 5.75 Å². The minimum atomic E-state index is -0.479. The highest BCUT2D eigenvalue weighted by Crippen LogP contribution is 2.45. The number of aromatic hydroxyl groups is 1. The predicted octanol–water partition coefficient (Wildman–Crippen LogP) is 2.81. The zero-order valence-corrected chi connectivity index (χ0v) is 10.7. The first-order valence-corrected chi connectivity index (χ1v) is 6.10. The van der Waals surface area contributed by atoms with E-state index in [1.54, 1.807) is 12.1 Å². The molecule has 2 rings (SSSR count). The smallest absolute Gasteiger partial charge is 0.235 e. The Kier molecular flexibility index (Phi) is 3.39. The Morgan fingerprint density at radius 1 is 1.39 bits per heavy atom. The summed E-state index contributed by atoms with van der Waals surface area (Å²) in [7, 11) is 1.52. The quantitative estimate of drug-likeness (QED) is 0.660. The maximum atomic E-state index is 10.7. The molecule has 1 aromatic carbocycles. The number of nitrogens with zero attached hydrogens (tertiary/aromatic N) is 1. The third kappa shape index (κ3) is 2.00. The van der Waals surface area contributed by atoms with E-state index in [0.717, 1.165) is 36.8 Å². The van der Waals surface area contributed by atoms with Crippen molar-refractivity contribution in [3.63, 3.8) is 0 Å². The Bertz CT molecular complexity index is 498. The number of ether oxygens (including phenoxy) is 1. The molecule has 0 aromatic heterocycles. The minimum Gasteiger partial charge on any atom is -0.504 e. The number of carbonyl (C=O) groups excluding carboxylic acids is 1. The van der Waals surface area contributed by atoms with Crippen LogP contribution in [-0.2, 0) is 10.3 Å². The molecule has 0 aliphatic heterocycles. The monoisotopic (exact) mass is 247 g/mol. The molecule has 4 heteroatoms. The number of isocyanates is 1. The first-order chi connectivity index (χ1) is 8.63. The standard InChI is InChI=1S/C14H17NO3/c1-10-7-11(8-12(18-2)13(10)17)14(15-9-16)5-3-4-6-14/h7-8,17H,3-6H2,1-2H3. The summed E-state index contributed by atoms with van der Waals surface area (Å²) in [6.07, 6.45) is 5.48. The SMILES string of the molecule is COc1cc(C2(N=C=O)CCCC2)cc(C)c1O. The number of aryl methyl sites for hydroxylation is 1. The first-order valence-electron chi connectivity index (χ1n) is 6.10. The number of methoxy groups -OCH3 is 1. The van der Waals surface area contributed by atoms with Crippen molar-refractivity contribution in [1.82, 2.24) is 0 Å². The number of phenolic OH excluding ortho intramolecular Hbond substituents is 1. The number of phenols is 1. The van der Waals surface area contributed by atoms with Gasteiger partial charge in [0.25, 0.3) is 0 Å². The van der Waals surface area contributed by atoms with Crippen molar-refractivity contribution in [2.24, 2.45) is 4.99 Å². The van der Waals surface area contributed by atoms with E-state index in [2.05, 4.69) is 4.99 Å². The van der Waals surface area contributed by atoms with Crippen LogP contribution in [0.1, 0.15) is 36.8 Å². The zero-order valence-electron chi connectivity index (χ0n) is 10.7. The van der Waals surface area contributed by atoms with Gasteiger partial charge in [-0.1, -0.05) is 12.8 Å². The molecule has 0 unspecified atom stereocenters. The fourth-order valence-electron chi connectivity index (χ4n) is 2.68. The van der Waals surface area contributed by atoms with E-state index in [1.165, 1.54) is 7.11 Å². The normalized spacial score (nSPS) is 17.2. The van der Waals surface area contributed by atoms with Gasteiger partial charge in [-0.3, -0.25) is 0 Å². The summed E-state index contributed by atoms with van der Waals surface area (Å²) in [5, 5.41) is 9.85. The van der Waals surface area contributed by atoms with Crippen LogP contribution < -0.4 is 4.74 Å². The van der Waals surface area contributed by atoms with Gasteiger partial charge in [-0.2, -0.15) is 4.99 Å². The topological polar surface area (TPSA) is 58.9 Å². The number of benzene rings is 1. The van der Waals surface area contributed by atoms with Crippen molar-refractivity contribution >= 4 is 6.08 Å². The van der Waals surface area contributed by atoms with Crippen LogP contribution in [-0.4, -0.2) is 18.3 Å². The lowest BCUT2D eigenvalue weighted by molar-refractivity contribution is 0.367. The lowest BCUT2D eigenvalue weighted by Gasteiger charge is -2.24. The Balaban J connectivity index is 2.55. The molecule has 0 radical (unpaired) electrons. The second-order valence-corrected chi connectivity index (χ2v) is 4.79. The van der Waals surface area contributed by atoms with E-state index < -0.39 is 5.54 Å². The first kappa shape index (κ1) is 12.7. The number of hydrogen-bond acceptors (Lipinski definition) is 4. The van der Waals surface area contributed by atoms with Crippen molar-refractivity contribution in [2.75, 3.05) is 7.11 Å². The third-order valence-electron chi connectivity index (χ3n) is 3.71. The summed E-state index contributed by atoms with van der Waals surface area (Å²) < 4.78 is 5.16. The molecular formula is C14H17NO3. The average Bonchev–Trinajstić information content (AvgIpc) is 2.82. The molecular weight excluding hydrogens is 230 g/mol. The van der Waals surface area contributed by atoms with Gasteiger partial charge in [0.2, 0.25) is 6.08 Å². The lowest BCUT2D eigenvalue weighted by Crippen LogP contribution is -2.19. The highest BCUT2D eigenvalue weighted by Gasteiger charge is 2.36. The van der Waals surface area contributed by atoms with Crippen LogP contribution in [0.5, 0.6) is 11.5 Å². The summed E-state index contributed by atoms with van der Waals surface area (Å²) in [5.74, 6) is 0.571. The summed E-state index contributed by atoms with van der Waals surface area (Å²) in [6.45, 7) is 1.81. The van der Waals surface area contributed by atoms with E-state index >= 15 is 0 Å². The molecule has 1 fully saturated rings. The van der Waals surface area contributed by atoms with Crippen LogP contribution >= 0.6 is 0 Å². The molecule has 1 N–H and O–H groups in total. The Morgan fingerprint density at radius 2 is 2.06 bits per heavy atom. The highest BCUT2D eigenvalue weighted by molar-refractivity contribution is 5.51. The molecule has 0 heterocycles. The molecule has 0 atom stereocenters. The Labute approximate surface area is 106 Å². The Morgan fingerprint density at radius 3 is 2.61 bits per heavy atom. The van der Waals surface area contributed by atoms with Crippen molar-refractivity contribution in [3.8, 4) is 11.5 Å². The van der Waals surface area contributed by atoms with Crippen LogP contribution in [0.25, 0.3) is 0 Å². The van der Waals surface area contributed by atoms with Gasteiger partial charge in [-0.15, -0.1) is 0 Å². The molecule has 96 valence electrons. The maximum absolute atomic E-state index is 10.7. The summed E-state index contributed by atoms with van der Waals surface area (Å²) in [6, 6.07) is 3.65. The maximum Gasteiger partial charge on any atom is 0.235 e. The Hall–Kier alpha value is -1.80. The second kappa shape index (κ2) is 4.83.